The average Bonchev–Trinajstić information content (AvgIpc) is 2.38. The molecule has 1 atom stereocenters. The van der Waals surface area contributed by atoms with Crippen LogP contribution >= 0.6 is 0 Å². The predicted molar refractivity (Wildman–Crippen MR) is 76.5 cm³/mol. The van der Waals surface area contributed by atoms with E-state index in [4.69, 9.17) is 5.11 Å². The van der Waals surface area contributed by atoms with Crippen molar-refractivity contribution in [3.05, 3.63) is 27.4 Å². The Morgan fingerprint density at radius 2 is 2.15 bits per heavy atom. The van der Waals surface area contributed by atoms with Crippen molar-refractivity contribution in [1.29, 1.82) is 0 Å². The van der Waals surface area contributed by atoms with E-state index in [2.05, 4.69) is 15.3 Å². The summed E-state index contributed by atoms with van der Waals surface area (Å²) in [6, 6.07) is 0. The van der Waals surface area contributed by atoms with E-state index in [0.29, 0.717) is 17.9 Å². The van der Waals surface area contributed by atoms with E-state index in [1.165, 1.54) is 0 Å². The van der Waals surface area contributed by atoms with Crippen LogP contribution in [-0.4, -0.2) is 34.1 Å². The van der Waals surface area contributed by atoms with Gasteiger partial charge >= 0.3 is 5.69 Å². The van der Waals surface area contributed by atoms with E-state index in [-0.39, 0.29) is 30.5 Å². The van der Waals surface area contributed by atoms with Gasteiger partial charge in [-0.3, -0.25) is 4.79 Å². The maximum atomic E-state index is 11.8. The Balaban J connectivity index is 2.45. The number of aromatic nitrogens is 2. The SMILES string of the molecule is Cc1nc(=O)[nH]c(C)c1CC(=O)NCCCC(C)CO. The average molecular weight is 281 g/mol. The predicted octanol–water partition coefficient (Wildman–Crippen LogP) is 0.454. The number of aliphatic hydroxyl groups is 1. The Morgan fingerprint density at radius 1 is 1.45 bits per heavy atom. The standard InChI is InChI=1S/C14H23N3O3/c1-9(8-18)5-4-6-15-13(19)7-12-10(2)16-14(20)17-11(12)3/h9,18H,4-8H2,1-3H3,(H,15,19)(H,16,17,20). The maximum Gasteiger partial charge on any atom is 0.345 e. The number of nitrogens with one attached hydrogen (secondary N) is 2. The third-order valence-corrected chi connectivity index (χ3v) is 3.30. The molecule has 3 N–H and O–H groups in total. The Labute approximate surface area is 118 Å². The first-order valence-electron chi connectivity index (χ1n) is 6.88. The van der Waals surface area contributed by atoms with Gasteiger partial charge in [0, 0.05) is 30.1 Å². The number of hydrogen-bond donors (Lipinski definition) is 3. The highest BCUT2D eigenvalue weighted by Gasteiger charge is 2.10. The van der Waals surface area contributed by atoms with E-state index in [1.807, 2.05) is 6.92 Å². The van der Waals surface area contributed by atoms with Gasteiger partial charge in [0.15, 0.2) is 0 Å². The molecular weight excluding hydrogens is 258 g/mol. The number of carbonyl (C=O) groups excluding carboxylic acids is 1. The van der Waals surface area contributed by atoms with Crippen LogP contribution in [0.3, 0.4) is 0 Å². The number of hydrogen-bond acceptors (Lipinski definition) is 4. The summed E-state index contributed by atoms with van der Waals surface area (Å²) >= 11 is 0. The summed E-state index contributed by atoms with van der Waals surface area (Å²) in [5.74, 6) is 0.182. The molecule has 0 saturated carbocycles. The van der Waals surface area contributed by atoms with Gasteiger partial charge in [0.1, 0.15) is 0 Å². The number of nitrogens with zero attached hydrogens (tertiary/aromatic N) is 1. The van der Waals surface area contributed by atoms with Crippen LogP contribution in [0.15, 0.2) is 4.79 Å². The summed E-state index contributed by atoms with van der Waals surface area (Å²) in [6.45, 7) is 6.24. The first-order valence-corrected chi connectivity index (χ1v) is 6.88. The van der Waals surface area contributed by atoms with Gasteiger partial charge in [-0.1, -0.05) is 6.92 Å². The molecule has 112 valence electrons. The van der Waals surface area contributed by atoms with Crippen LogP contribution in [0.25, 0.3) is 0 Å². The lowest BCUT2D eigenvalue weighted by Crippen LogP contribution is -2.28. The van der Waals surface area contributed by atoms with E-state index in [0.717, 1.165) is 18.4 Å². The van der Waals surface area contributed by atoms with Gasteiger partial charge in [-0.15, -0.1) is 0 Å². The highest BCUT2D eigenvalue weighted by atomic mass is 16.3. The molecule has 1 amide bonds. The van der Waals surface area contributed by atoms with Crippen LogP contribution in [0.1, 0.15) is 36.7 Å². The van der Waals surface area contributed by atoms with Gasteiger partial charge in [0.25, 0.3) is 0 Å². The molecule has 0 aliphatic carbocycles. The Morgan fingerprint density at radius 3 is 2.75 bits per heavy atom. The van der Waals surface area contributed by atoms with E-state index in [9.17, 15) is 9.59 Å². The molecule has 1 heterocycles. The molecule has 0 fully saturated rings. The summed E-state index contributed by atoms with van der Waals surface area (Å²) in [5.41, 5.74) is 1.66. The number of aryl methyl sites for hydroxylation is 2. The molecule has 0 bridgehead atoms. The van der Waals surface area contributed by atoms with Gasteiger partial charge in [-0.2, -0.15) is 4.98 Å². The van der Waals surface area contributed by atoms with E-state index in [1.54, 1.807) is 13.8 Å². The molecule has 0 radical (unpaired) electrons. The van der Waals surface area contributed by atoms with Gasteiger partial charge in [0.2, 0.25) is 5.91 Å². The van der Waals surface area contributed by atoms with Crippen LogP contribution in [0.2, 0.25) is 0 Å². The lowest BCUT2D eigenvalue weighted by atomic mass is 10.1. The normalized spacial score (nSPS) is 12.2. The fraction of sp³-hybridized carbons (Fsp3) is 0.643. The van der Waals surface area contributed by atoms with Crippen molar-refractivity contribution in [2.24, 2.45) is 5.92 Å². The van der Waals surface area contributed by atoms with Crippen molar-refractivity contribution < 1.29 is 9.90 Å². The lowest BCUT2D eigenvalue weighted by Gasteiger charge is -2.10. The number of aliphatic hydroxyl groups excluding tert-OH is 1. The minimum Gasteiger partial charge on any atom is -0.396 e. The zero-order valence-electron chi connectivity index (χ0n) is 12.3. The number of rotatable bonds is 7. The van der Waals surface area contributed by atoms with E-state index < -0.39 is 0 Å². The van der Waals surface area contributed by atoms with Gasteiger partial charge in [0.05, 0.1) is 6.42 Å². The number of aromatic amines is 1. The summed E-state index contributed by atoms with van der Waals surface area (Å²) in [4.78, 5) is 29.4. The summed E-state index contributed by atoms with van der Waals surface area (Å²) in [7, 11) is 0. The van der Waals surface area contributed by atoms with Crippen molar-refractivity contribution in [2.45, 2.75) is 40.0 Å². The molecule has 1 unspecified atom stereocenters. The third kappa shape index (κ3) is 5.13. The Kier molecular flexibility index (Phi) is 6.38. The number of amides is 1. The fourth-order valence-corrected chi connectivity index (χ4v) is 2.01. The van der Waals surface area contributed by atoms with Crippen molar-refractivity contribution in [1.82, 2.24) is 15.3 Å². The van der Waals surface area contributed by atoms with Gasteiger partial charge < -0.3 is 15.4 Å². The van der Waals surface area contributed by atoms with Gasteiger partial charge in [-0.05, 0) is 32.6 Å². The molecule has 0 aromatic carbocycles. The molecule has 20 heavy (non-hydrogen) atoms. The Bertz CT molecular complexity index is 485. The molecule has 1 rings (SSSR count). The van der Waals surface area contributed by atoms with Crippen LogP contribution < -0.4 is 11.0 Å². The number of H-pyrrole nitrogens is 1. The van der Waals surface area contributed by atoms with Crippen LogP contribution in [0.4, 0.5) is 0 Å². The highest BCUT2D eigenvalue weighted by molar-refractivity contribution is 5.78. The van der Waals surface area contributed by atoms with Crippen molar-refractivity contribution in [3.63, 3.8) is 0 Å². The first kappa shape index (κ1) is 16.4. The molecule has 0 aliphatic heterocycles. The van der Waals surface area contributed by atoms with Crippen molar-refractivity contribution in [2.75, 3.05) is 13.2 Å². The zero-order valence-corrected chi connectivity index (χ0v) is 12.3. The summed E-state index contributed by atoms with van der Waals surface area (Å²) < 4.78 is 0. The molecule has 0 saturated heterocycles. The molecule has 0 spiro atoms. The first-order chi connectivity index (χ1) is 9.43. The van der Waals surface area contributed by atoms with Crippen molar-refractivity contribution >= 4 is 5.91 Å². The van der Waals surface area contributed by atoms with Crippen LogP contribution in [0, 0.1) is 19.8 Å². The topological polar surface area (TPSA) is 95.1 Å². The lowest BCUT2D eigenvalue weighted by molar-refractivity contribution is -0.120. The van der Waals surface area contributed by atoms with Crippen LogP contribution in [0.5, 0.6) is 0 Å². The van der Waals surface area contributed by atoms with Gasteiger partial charge in [-0.25, -0.2) is 4.79 Å². The quantitative estimate of drug-likeness (QED) is 0.633. The molecule has 1 aromatic rings. The second-order valence-corrected chi connectivity index (χ2v) is 5.19. The van der Waals surface area contributed by atoms with Crippen molar-refractivity contribution in [3.8, 4) is 0 Å². The zero-order chi connectivity index (χ0) is 15.1. The molecule has 6 nitrogen and oxygen atoms in total. The summed E-state index contributed by atoms with van der Waals surface area (Å²) in [6.07, 6.45) is 1.95. The smallest absolute Gasteiger partial charge is 0.345 e. The molecule has 1 aromatic heterocycles. The second kappa shape index (κ2) is 7.79. The maximum absolute atomic E-state index is 11.8. The molecular formula is C14H23N3O3. The minimum atomic E-state index is -0.387. The molecule has 0 aliphatic rings. The third-order valence-electron chi connectivity index (χ3n) is 3.30. The minimum absolute atomic E-state index is 0.0818. The van der Waals surface area contributed by atoms with Crippen LogP contribution in [-0.2, 0) is 11.2 Å². The van der Waals surface area contributed by atoms with E-state index >= 15 is 0 Å². The second-order valence-electron chi connectivity index (χ2n) is 5.19. The summed E-state index contributed by atoms with van der Waals surface area (Å²) in [5, 5.41) is 11.7. The number of carbonyl (C=O) groups is 1. The fourth-order valence-electron chi connectivity index (χ4n) is 2.01. The monoisotopic (exact) mass is 281 g/mol. The highest BCUT2D eigenvalue weighted by Crippen LogP contribution is 2.07. The Hall–Kier alpha value is -1.69. The molecule has 6 heteroatoms. The largest absolute Gasteiger partial charge is 0.396 e.